The van der Waals surface area contributed by atoms with Gasteiger partial charge >= 0.3 is 5.97 Å². The second-order valence-corrected chi connectivity index (χ2v) is 4.92. The van der Waals surface area contributed by atoms with Gasteiger partial charge in [-0.1, -0.05) is 38.1 Å². The van der Waals surface area contributed by atoms with E-state index in [1.807, 2.05) is 12.1 Å². The molecule has 1 unspecified atom stereocenters. The predicted molar refractivity (Wildman–Crippen MR) is 71.1 cm³/mol. The van der Waals surface area contributed by atoms with Crippen LogP contribution in [-0.2, 0) is 9.53 Å². The third-order valence-electron chi connectivity index (χ3n) is 2.72. The van der Waals surface area contributed by atoms with Gasteiger partial charge in [-0.05, 0) is 11.5 Å². The maximum Gasteiger partial charge on any atom is 0.307 e. The molecule has 1 atom stereocenters. The molecule has 3 nitrogen and oxygen atoms in total. The summed E-state index contributed by atoms with van der Waals surface area (Å²) in [7, 11) is 1.27. The summed E-state index contributed by atoms with van der Waals surface area (Å²) in [5, 5.41) is -0.873. The molecule has 0 fully saturated rings. The van der Waals surface area contributed by atoms with E-state index in [1.54, 1.807) is 12.1 Å². The van der Waals surface area contributed by atoms with Crippen LogP contribution in [0.5, 0.6) is 0 Å². The Hall–Kier alpha value is -1.35. The Balaban J connectivity index is 2.74. The summed E-state index contributed by atoms with van der Waals surface area (Å²) in [6.45, 7) is 4.16. The zero-order chi connectivity index (χ0) is 13.7. The number of ketones is 1. The molecule has 0 aliphatic rings. The Kier molecular flexibility index (Phi) is 5.35. The number of Topliss-reactive ketones (excluding diaryl/α,β-unsaturated/α-hetero) is 1. The monoisotopic (exact) mass is 268 g/mol. The standard InChI is InChI=1S/C14H17ClO3/c1-9(2)10-4-6-11(7-5-10)14(17)12(15)8-13(16)18-3/h4-7,9,12H,8H2,1-3H3. The molecule has 1 aromatic carbocycles. The van der Waals surface area contributed by atoms with Crippen LogP contribution in [0.25, 0.3) is 0 Å². The molecular formula is C14H17ClO3. The molecule has 0 radical (unpaired) electrons. The van der Waals surface area contributed by atoms with Gasteiger partial charge in [-0.2, -0.15) is 0 Å². The number of esters is 1. The lowest BCUT2D eigenvalue weighted by atomic mass is 9.99. The van der Waals surface area contributed by atoms with Crippen LogP contribution in [0.3, 0.4) is 0 Å². The number of halogens is 1. The van der Waals surface area contributed by atoms with E-state index in [1.165, 1.54) is 7.11 Å². The number of benzene rings is 1. The maximum absolute atomic E-state index is 11.9. The van der Waals surface area contributed by atoms with Crippen LogP contribution in [0.15, 0.2) is 24.3 Å². The van der Waals surface area contributed by atoms with Crippen molar-refractivity contribution in [1.29, 1.82) is 0 Å². The van der Waals surface area contributed by atoms with Gasteiger partial charge in [0.25, 0.3) is 0 Å². The average Bonchev–Trinajstić information content (AvgIpc) is 2.37. The van der Waals surface area contributed by atoms with Gasteiger partial charge in [-0.15, -0.1) is 11.6 Å². The van der Waals surface area contributed by atoms with Gasteiger partial charge < -0.3 is 4.74 Å². The summed E-state index contributed by atoms with van der Waals surface area (Å²) in [5.74, 6) is -0.324. The fraction of sp³-hybridized carbons (Fsp3) is 0.429. The normalized spacial score (nSPS) is 12.3. The first kappa shape index (κ1) is 14.7. The number of methoxy groups -OCH3 is 1. The molecule has 0 heterocycles. The second kappa shape index (κ2) is 6.55. The third-order valence-corrected chi connectivity index (χ3v) is 3.07. The summed E-state index contributed by atoms with van der Waals surface area (Å²) in [6, 6.07) is 7.29. The highest BCUT2D eigenvalue weighted by molar-refractivity contribution is 6.34. The van der Waals surface area contributed by atoms with E-state index in [0.29, 0.717) is 11.5 Å². The van der Waals surface area contributed by atoms with Crippen LogP contribution >= 0.6 is 11.6 Å². The highest BCUT2D eigenvalue weighted by Gasteiger charge is 2.21. The van der Waals surface area contributed by atoms with Crippen molar-refractivity contribution in [3.8, 4) is 0 Å². The molecule has 0 amide bonds. The van der Waals surface area contributed by atoms with E-state index in [4.69, 9.17) is 11.6 Å². The Morgan fingerprint density at radius 2 is 1.78 bits per heavy atom. The van der Waals surface area contributed by atoms with Crippen molar-refractivity contribution in [3.63, 3.8) is 0 Å². The molecule has 0 aliphatic heterocycles. The van der Waals surface area contributed by atoms with E-state index < -0.39 is 11.3 Å². The minimum atomic E-state index is -0.873. The van der Waals surface area contributed by atoms with Crippen molar-refractivity contribution in [2.24, 2.45) is 0 Å². The van der Waals surface area contributed by atoms with E-state index in [-0.39, 0.29) is 12.2 Å². The van der Waals surface area contributed by atoms with Gasteiger partial charge in [0.15, 0.2) is 5.78 Å². The number of hydrogen-bond donors (Lipinski definition) is 0. The fourth-order valence-corrected chi connectivity index (χ4v) is 1.79. The Morgan fingerprint density at radius 3 is 2.22 bits per heavy atom. The van der Waals surface area contributed by atoms with E-state index in [0.717, 1.165) is 5.56 Å². The largest absolute Gasteiger partial charge is 0.469 e. The van der Waals surface area contributed by atoms with Crippen molar-refractivity contribution in [2.75, 3.05) is 7.11 Å². The molecule has 98 valence electrons. The minimum absolute atomic E-state index is 0.108. The minimum Gasteiger partial charge on any atom is -0.469 e. The molecule has 0 saturated carbocycles. The first-order valence-electron chi connectivity index (χ1n) is 5.80. The van der Waals surface area contributed by atoms with Crippen molar-refractivity contribution < 1.29 is 14.3 Å². The predicted octanol–water partition coefficient (Wildman–Crippen LogP) is 3.16. The molecule has 1 aromatic rings. The Morgan fingerprint density at radius 1 is 1.22 bits per heavy atom. The Bertz CT molecular complexity index is 423. The first-order chi connectivity index (χ1) is 8.45. The smallest absolute Gasteiger partial charge is 0.307 e. The number of rotatable bonds is 5. The van der Waals surface area contributed by atoms with Crippen LogP contribution in [0.4, 0.5) is 0 Å². The zero-order valence-electron chi connectivity index (χ0n) is 10.8. The SMILES string of the molecule is COC(=O)CC(Cl)C(=O)c1ccc(C(C)C)cc1. The van der Waals surface area contributed by atoms with Crippen LogP contribution in [0.2, 0.25) is 0 Å². The molecule has 4 heteroatoms. The summed E-state index contributed by atoms with van der Waals surface area (Å²) < 4.78 is 4.48. The molecule has 1 rings (SSSR count). The number of carbonyl (C=O) groups excluding carboxylic acids is 2. The molecule has 0 bridgehead atoms. The highest BCUT2D eigenvalue weighted by Crippen LogP contribution is 2.17. The van der Waals surface area contributed by atoms with Crippen LogP contribution in [0.1, 0.15) is 42.1 Å². The van der Waals surface area contributed by atoms with E-state index in [2.05, 4.69) is 18.6 Å². The molecule has 0 aromatic heterocycles. The third kappa shape index (κ3) is 3.84. The van der Waals surface area contributed by atoms with Gasteiger partial charge in [0.1, 0.15) is 5.38 Å². The number of ether oxygens (including phenoxy) is 1. The summed E-state index contributed by atoms with van der Waals surface area (Å²) in [4.78, 5) is 23.0. The molecule has 0 spiro atoms. The highest BCUT2D eigenvalue weighted by atomic mass is 35.5. The summed E-state index contributed by atoms with van der Waals surface area (Å²) >= 11 is 5.89. The lowest BCUT2D eigenvalue weighted by Gasteiger charge is -2.09. The van der Waals surface area contributed by atoms with Gasteiger partial charge in [0.2, 0.25) is 0 Å². The van der Waals surface area contributed by atoms with Gasteiger partial charge in [0, 0.05) is 5.56 Å². The average molecular weight is 269 g/mol. The molecule has 0 saturated heterocycles. The van der Waals surface area contributed by atoms with Crippen LogP contribution in [-0.4, -0.2) is 24.2 Å². The van der Waals surface area contributed by atoms with E-state index in [9.17, 15) is 9.59 Å². The van der Waals surface area contributed by atoms with Crippen molar-refractivity contribution >= 4 is 23.4 Å². The molecule has 0 aliphatic carbocycles. The summed E-state index contributed by atoms with van der Waals surface area (Å²) in [5.41, 5.74) is 1.67. The van der Waals surface area contributed by atoms with E-state index >= 15 is 0 Å². The number of carbonyl (C=O) groups is 2. The van der Waals surface area contributed by atoms with Gasteiger partial charge in [-0.3, -0.25) is 9.59 Å². The topological polar surface area (TPSA) is 43.4 Å². The zero-order valence-corrected chi connectivity index (χ0v) is 11.5. The molecular weight excluding hydrogens is 252 g/mol. The van der Waals surface area contributed by atoms with Gasteiger partial charge in [-0.25, -0.2) is 0 Å². The lowest BCUT2D eigenvalue weighted by molar-refractivity contribution is -0.140. The molecule has 18 heavy (non-hydrogen) atoms. The maximum atomic E-state index is 11.9. The van der Waals surface area contributed by atoms with Crippen molar-refractivity contribution in [2.45, 2.75) is 31.6 Å². The second-order valence-electron chi connectivity index (χ2n) is 4.39. The van der Waals surface area contributed by atoms with Crippen molar-refractivity contribution in [1.82, 2.24) is 0 Å². The first-order valence-corrected chi connectivity index (χ1v) is 6.24. The quantitative estimate of drug-likeness (QED) is 0.468. The fourth-order valence-electron chi connectivity index (χ4n) is 1.54. The van der Waals surface area contributed by atoms with Crippen LogP contribution < -0.4 is 0 Å². The van der Waals surface area contributed by atoms with Gasteiger partial charge in [0.05, 0.1) is 13.5 Å². The lowest BCUT2D eigenvalue weighted by Crippen LogP contribution is -2.19. The number of hydrogen-bond acceptors (Lipinski definition) is 3. The molecule has 0 N–H and O–H groups in total. The van der Waals surface area contributed by atoms with Crippen molar-refractivity contribution in [3.05, 3.63) is 35.4 Å². The summed E-state index contributed by atoms with van der Waals surface area (Å²) in [6.07, 6.45) is -0.108. The number of alkyl halides is 1. The van der Waals surface area contributed by atoms with Crippen LogP contribution in [0, 0.1) is 0 Å². The Labute approximate surface area is 112 Å².